The van der Waals surface area contributed by atoms with Crippen LogP contribution in [0, 0.1) is 13.8 Å². The molecule has 9 heteroatoms. The molecular formula is C21H22N2O5S2. The van der Waals surface area contributed by atoms with Gasteiger partial charge in [0.25, 0.3) is 5.91 Å². The third kappa shape index (κ3) is 4.85. The van der Waals surface area contributed by atoms with Gasteiger partial charge in [0.1, 0.15) is 6.54 Å². The Bertz CT molecular complexity index is 1300. The summed E-state index contributed by atoms with van der Waals surface area (Å²) in [4.78, 5) is 29.4. The highest BCUT2D eigenvalue weighted by Gasteiger charge is 2.14. The van der Waals surface area contributed by atoms with Crippen LogP contribution in [0.4, 0.5) is 0 Å². The van der Waals surface area contributed by atoms with Crippen LogP contribution in [0.2, 0.25) is 0 Å². The Hall–Kier alpha value is -2.78. The fourth-order valence-corrected chi connectivity index (χ4v) is 4.85. The van der Waals surface area contributed by atoms with Crippen molar-refractivity contribution in [3.05, 3.63) is 57.9 Å². The number of nitrogens with zero attached hydrogens (tertiary/aromatic N) is 2. The number of ether oxygens (including phenoxy) is 1. The Morgan fingerprint density at radius 3 is 2.40 bits per heavy atom. The van der Waals surface area contributed by atoms with Gasteiger partial charge in [-0.1, -0.05) is 29.5 Å². The van der Waals surface area contributed by atoms with Gasteiger partial charge in [0, 0.05) is 6.26 Å². The van der Waals surface area contributed by atoms with Crippen LogP contribution in [0.25, 0.3) is 10.2 Å². The van der Waals surface area contributed by atoms with Gasteiger partial charge in [-0.25, -0.2) is 8.42 Å². The van der Waals surface area contributed by atoms with E-state index in [1.54, 1.807) is 16.7 Å². The number of aromatic nitrogens is 1. The van der Waals surface area contributed by atoms with Gasteiger partial charge in [-0.05, 0) is 48.7 Å². The third-order valence-electron chi connectivity index (χ3n) is 4.56. The number of rotatable bonds is 5. The SMILES string of the molecule is COC(=O)Cn1c(=NC(=O)Cc2ccc(S(C)(=O)=O)cc2)sc2c(C)cc(C)cc21. The number of thiazole rings is 1. The van der Waals surface area contributed by atoms with Crippen molar-refractivity contribution >= 4 is 43.3 Å². The topological polar surface area (TPSA) is 94.8 Å². The minimum atomic E-state index is -3.29. The lowest BCUT2D eigenvalue weighted by molar-refractivity contribution is -0.141. The van der Waals surface area contributed by atoms with E-state index >= 15 is 0 Å². The third-order valence-corrected chi connectivity index (χ3v) is 6.91. The van der Waals surface area contributed by atoms with E-state index in [1.807, 2.05) is 26.0 Å². The summed E-state index contributed by atoms with van der Waals surface area (Å²) in [7, 11) is -1.98. The van der Waals surface area contributed by atoms with E-state index < -0.39 is 15.8 Å². The second kappa shape index (κ2) is 8.53. The van der Waals surface area contributed by atoms with E-state index in [9.17, 15) is 18.0 Å². The summed E-state index contributed by atoms with van der Waals surface area (Å²) in [6.07, 6.45) is 1.15. The summed E-state index contributed by atoms with van der Waals surface area (Å²) < 4.78 is 30.6. The zero-order valence-electron chi connectivity index (χ0n) is 17.1. The first-order chi connectivity index (χ1) is 14.1. The molecule has 0 aliphatic carbocycles. The van der Waals surface area contributed by atoms with Gasteiger partial charge in [-0.2, -0.15) is 4.99 Å². The van der Waals surface area contributed by atoms with Crippen molar-refractivity contribution in [2.45, 2.75) is 31.7 Å². The zero-order valence-corrected chi connectivity index (χ0v) is 18.8. The first kappa shape index (κ1) is 21.9. The standard InChI is InChI=1S/C21H22N2O5S2/c1-13-9-14(2)20-17(10-13)23(12-19(25)28-3)21(29-20)22-18(24)11-15-5-7-16(8-6-15)30(4,26)27/h5-10H,11-12H2,1-4H3. The molecule has 158 valence electrons. The van der Waals surface area contributed by atoms with Gasteiger partial charge in [0.2, 0.25) is 0 Å². The number of hydrogen-bond acceptors (Lipinski definition) is 6. The largest absolute Gasteiger partial charge is 0.468 e. The molecule has 0 atom stereocenters. The number of methoxy groups -OCH3 is 1. The van der Waals surface area contributed by atoms with E-state index in [0.29, 0.717) is 10.4 Å². The van der Waals surface area contributed by atoms with Crippen LogP contribution in [-0.2, 0) is 37.1 Å². The Kier molecular flexibility index (Phi) is 6.23. The van der Waals surface area contributed by atoms with Gasteiger partial charge in [-0.3, -0.25) is 9.59 Å². The van der Waals surface area contributed by atoms with Gasteiger partial charge in [-0.15, -0.1) is 0 Å². The summed E-state index contributed by atoms with van der Waals surface area (Å²) in [6, 6.07) is 10.1. The summed E-state index contributed by atoms with van der Waals surface area (Å²) in [5, 5.41) is 0. The van der Waals surface area contributed by atoms with Gasteiger partial charge in [0.15, 0.2) is 14.6 Å². The molecule has 0 aliphatic heterocycles. The summed E-state index contributed by atoms with van der Waals surface area (Å²) in [5.41, 5.74) is 3.56. The van der Waals surface area contributed by atoms with Crippen molar-refractivity contribution in [3.63, 3.8) is 0 Å². The number of carbonyl (C=O) groups is 2. The summed E-state index contributed by atoms with van der Waals surface area (Å²) in [6.45, 7) is 3.90. The molecular weight excluding hydrogens is 424 g/mol. The van der Waals surface area contributed by atoms with E-state index in [0.717, 1.165) is 27.6 Å². The Morgan fingerprint density at radius 1 is 1.13 bits per heavy atom. The molecule has 0 unspecified atom stereocenters. The number of amides is 1. The second-order valence-electron chi connectivity index (χ2n) is 7.08. The first-order valence-electron chi connectivity index (χ1n) is 9.12. The number of fused-ring (bicyclic) bond motifs is 1. The minimum Gasteiger partial charge on any atom is -0.468 e. The van der Waals surface area contributed by atoms with Crippen LogP contribution in [0.1, 0.15) is 16.7 Å². The molecule has 7 nitrogen and oxygen atoms in total. The molecule has 1 amide bonds. The number of aryl methyl sites for hydroxylation is 2. The van der Waals surface area contributed by atoms with Crippen molar-refractivity contribution in [2.75, 3.05) is 13.4 Å². The van der Waals surface area contributed by atoms with Crippen molar-refractivity contribution in [1.29, 1.82) is 0 Å². The lowest BCUT2D eigenvalue weighted by atomic mass is 10.1. The molecule has 1 aromatic heterocycles. The Balaban J connectivity index is 2.00. The van der Waals surface area contributed by atoms with Crippen LogP contribution < -0.4 is 4.80 Å². The predicted molar refractivity (Wildman–Crippen MR) is 115 cm³/mol. The summed E-state index contributed by atoms with van der Waals surface area (Å²) in [5.74, 6) is -0.819. The predicted octanol–water partition coefficient (Wildman–Crippen LogP) is 2.57. The van der Waals surface area contributed by atoms with Crippen LogP contribution in [0.5, 0.6) is 0 Å². The van der Waals surface area contributed by atoms with Crippen molar-refractivity contribution in [3.8, 4) is 0 Å². The molecule has 0 N–H and O–H groups in total. The number of benzene rings is 2. The minimum absolute atomic E-state index is 0.0223. The van der Waals surface area contributed by atoms with Crippen molar-refractivity contribution < 1.29 is 22.7 Å². The fraction of sp³-hybridized carbons (Fsp3) is 0.286. The van der Waals surface area contributed by atoms with Gasteiger partial charge in [0.05, 0.1) is 28.6 Å². The molecule has 0 aliphatic rings. The van der Waals surface area contributed by atoms with E-state index in [1.165, 1.54) is 30.6 Å². The highest BCUT2D eigenvalue weighted by atomic mass is 32.2. The van der Waals surface area contributed by atoms with E-state index in [-0.39, 0.29) is 23.8 Å². The maximum absolute atomic E-state index is 12.6. The maximum Gasteiger partial charge on any atom is 0.325 e. The second-order valence-corrected chi connectivity index (χ2v) is 10.1. The molecule has 0 spiro atoms. The molecule has 0 saturated carbocycles. The van der Waals surface area contributed by atoms with Crippen LogP contribution in [0.3, 0.4) is 0 Å². The molecule has 0 saturated heterocycles. The molecule has 2 aromatic carbocycles. The molecule has 0 bridgehead atoms. The number of hydrogen-bond donors (Lipinski definition) is 0. The molecule has 1 heterocycles. The van der Waals surface area contributed by atoms with Gasteiger partial charge < -0.3 is 9.30 Å². The Morgan fingerprint density at radius 2 is 1.80 bits per heavy atom. The zero-order chi connectivity index (χ0) is 22.1. The highest BCUT2D eigenvalue weighted by molar-refractivity contribution is 7.90. The van der Waals surface area contributed by atoms with Crippen LogP contribution in [-0.4, -0.2) is 38.2 Å². The molecule has 3 aromatic rings. The molecule has 30 heavy (non-hydrogen) atoms. The van der Waals surface area contributed by atoms with Crippen molar-refractivity contribution in [1.82, 2.24) is 4.57 Å². The fourth-order valence-electron chi connectivity index (χ4n) is 3.12. The first-order valence-corrected chi connectivity index (χ1v) is 11.8. The smallest absolute Gasteiger partial charge is 0.325 e. The van der Waals surface area contributed by atoms with E-state index in [4.69, 9.17) is 4.74 Å². The monoisotopic (exact) mass is 446 g/mol. The maximum atomic E-state index is 12.6. The Labute approximate surface area is 178 Å². The normalized spacial score (nSPS) is 12.3. The lowest BCUT2D eigenvalue weighted by Crippen LogP contribution is -2.22. The van der Waals surface area contributed by atoms with Crippen LogP contribution in [0.15, 0.2) is 46.3 Å². The molecule has 0 radical (unpaired) electrons. The van der Waals surface area contributed by atoms with Crippen LogP contribution >= 0.6 is 11.3 Å². The average molecular weight is 447 g/mol. The summed E-state index contributed by atoms with van der Waals surface area (Å²) >= 11 is 1.34. The van der Waals surface area contributed by atoms with E-state index in [2.05, 4.69) is 4.99 Å². The lowest BCUT2D eigenvalue weighted by Gasteiger charge is -2.05. The highest BCUT2D eigenvalue weighted by Crippen LogP contribution is 2.23. The average Bonchev–Trinajstić information content (AvgIpc) is 2.98. The quantitative estimate of drug-likeness (QED) is 0.562. The molecule has 0 fully saturated rings. The number of esters is 1. The molecule has 3 rings (SSSR count). The van der Waals surface area contributed by atoms with Crippen molar-refractivity contribution in [2.24, 2.45) is 4.99 Å². The number of carbonyl (C=O) groups excluding carboxylic acids is 2. The van der Waals surface area contributed by atoms with Gasteiger partial charge >= 0.3 is 5.97 Å². The number of sulfone groups is 1.